The number of oxime groups is 1. The average Bonchev–Trinajstić information content (AvgIpc) is 3.20. The zero-order valence-corrected chi connectivity index (χ0v) is 21.7. The van der Waals surface area contributed by atoms with Gasteiger partial charge in [0, 0.05) is 32.7 Å². The van der Waals surface area contributed by atoms with E-state index >= 15 is 0 Å². The number of carbonyl (C=O) groups excluding carboxylic acids is 3. The Bertz CT molecular complexity index is 1340. The lowest BCUT2D eigenvalue weighted by Crippen LogP contribution is -2.15. The van der Waals surface area contributed by atoms with E-state index in [1.54, 1.807) is 23.9 Å². The van der Waals surface area contributed by atoms with Gasteiger partial charge in [0.25, 0.3) is 0 Å². The van der Waals surface area contributed by atoms with E-state index in [1.807, 2.05) is 73.7 Å². The van der Waals surface area contributed by atoms with Crippen molar-refractivity contribution in [3.05, 3.63) is 94.4 Å². The Morgan fingerprint density at radius 3 is 2.28 bits per heavy atom. The molecule has 0 saturated carbocycles. The van der Waals surface area contributed by atoms with Crippen LogP contribution in [0.5, 0.6) is 0 Å². The zero-order chi connectivity index (χ0) is 25.5. The topological polar surface area (TPSA) is 72.8 Å². The van der Waals surface area contributed by atoms with Crippen molar-refractivity contribution < 1.29 is 19.2 Å². The molecule has 1 aliphatic rings. The molecule has 0 aromatic heterocycles. The van der Waals surface area contributed by atoms with Crippen LogP contribution in [0.15, 0.2) is 97.5 Å². The summed E-state index contributed by atoms with van der Waals surface area (Å²) in [6.07, 6.45) is 4.07. The molecule has 7 heteroatoms. The molecule has 1 heterocycles. The predicted octanol–water partition coefficient (Wildman–Crippen LogP) is 7.46. The lowest BCUT2D eigenvalue weighted by molar-refractivity contribution is -0.140. The quantitative estimate of drug-likeness (QED) is 0.0968. The largest absolute Gasteiger partial charge is 0.331 e. The molecule has 4 rings (SSSR count). The molecule has 0 saturated heterocycles. The number of ketones is 2. The van der Waals surface area contributed by atoms with Crippen molar-refractivity contribution in [3.8, 4) is 0 Å². The molecule has 0 bridgehead atoms. The number of Topliss-reactive ketones (excluding diaryl/α,β-unsaturated/α-hetero) is 2. The fourth-order valence-corrected chi connectivity index (χ4v) is 5.43. The van der Waals surface area contributed by atoms with Gasteiger partial charge in [-0.05, 0) is 73.0 Å². The minimum absolute atomic E-state index is 0.0689. The van der Waals surface area contributed by atoms with Crippen LogP contribution in [0.25, 0.3) is 6.08 Å². The van der Waals surface area contributed by atoms with Gasteiger partial charge < -0.3 is 4.84 Å². The third-order valence-electron chi connectivity index (χ3n) is 5.42. The van der Waals surface area contributed by atoms with E-state index in [0.717, 1.165) is 43.6 Å². The number of benzene rings is 3. The first-order valence-corrected chi connectivity index (χ1v) is 13.3. The van der Waals surface area contributed by atoms with Crippen LogP contribution in [-0.4, -0.2) is 23.2 Å². The number of carbonyl (C=O) groups is 3. The van der Waals surface area contributed by atoms with Gasteiger partial charge in [-0.15, -0.1) is 0 Å². The van der Waals surface area contributed by atoms with E-state index in [2.05, 4.69) is 5.16 Å². The average molecular weight is 516 g/mol. The minimum atomic E-state index is -0.551. The van der Waals surface area contributed by atoms with Crippen molar-refractivity contribution >= 4 is 52.8 Å². The number of thioether (sulfide) groups is 1. The molecule has 0 atom stereocenters. The molecule has 3 aromatic rings. The van der Waals surface area contributed by atoms with Crippen LogP contribution in [0.2, 0.25) is 0 Å². The van der Waals surface area contributed by atoms with Gasteiger partial charge in [-0.1, -0.05) is 66.3 Å². The Labute approximate surface area is 219 Å². The Kier molecular flexibility index (Phi) is 8.57. The molecule has 36 heavy (non-hydrogen) atoms. The number of allylic oxidation sites excluding steroid dienone is 1. The highest BCUT2D eigenvalue weighted by Crippen LogP contribution is 2.40. The number of nitrogens with zero attached hydrogens (tertiary/aromatic N) is 1. The van der Waals surface area contributed by atoms with Crippen molar-refractivity contribution in [2.24, 2.45) is 5.16 Å². The first kappa shape index (κ1) is 25.7. The van der Waals surface area contributed by atoms with Crippen molar-refractivity contribution in [2.75, 3.05) is 0 Å². The van der Waals surface area contributed by atoms with E-state index in [4.69, 9.17) is 4.84 Å². The second-order valence-electron chi connectivity index (χ2n) is 8.18. The number of unbranched alkanes of at least 4 members (excludes halogenated alkanes) is 1. The first-order valence-electron chi connectivity index (χ1n) is 11.6. The lowest BCUT2D eigenvalue weighted by atomic mass is 10.0. The van der Waals surface area contributed by atoms with E-state index in [0.29, 0.717) is 12.0 Å². The molecule has 3 aromatic carbocycles. The predicted molar refractivity (Wildman–Crippen MR) is 145 cm³/mol. The summed E-state index contributed by atoms with van der Waals surface area (Å²) in [5.41, 5.74) is 2.48. The second-order valence-corrected chi connectivity index (χ2v) is 10.4. The third-order valence-corrected chi connectivity index (χ3v) is 7.53. The van der Waals surface area contributed by atoms with Crippen LogP contribution in [-0.2, 0) is 9.63 Å². The van der Waals surface area contributed by atoms with Crippen LogP contribution in [0, 0.1) is 0 Å². The molecule has 0 fully saturated rings. The van der Waals surface area contributed by atoms with Crippen LogP contribution >= 0.6 is 23.5 Å². The molecule has 0 aliphatic carbocycles. The minimum Gasteiger partial charge on any atom is -0.318 e. The summed E-state index contributed by atoms with van der Waals surface area (Å²) < 4.78 is 0. The van der Waals surface area contributed by atoms with Crippen LogP contribution in [0.4, 0.5) is 0 Å². The molecule has 5 nitrogen and oxygen atoms in total. The molecular weight excluding hydrogens is 490 g/mol. The summed E-state index contributed by atoms with van der Waals surface area (Å²) in [6, 6.07) is 23.0. The van der Waals surface area contributed by atoms with Gasteiger partial charge in [-0.2, -0.15) is 0 Å². The van der Waals surface area contributed by atoms with Gasteiger partial charge >= 0.3 is 5.97 Å². The van der Waals surface area contributed by atoms with Gasteiger partial charge in [0.15, 0.2) is 0 Å². The lowest BCUT2D eigenvalue weighted by Gasteiger charge is -2.07. The van der Waals surface area contributed by atoms with Gasteiger partial charge in [0.1, 0.15) is 5.71 Å². The van der Waals surface area contributed by atoms with E-state index < -0.39 is 5.97 Å². The molecule has 182 valence electrons. The summed E-state index contributed by atoms with van der Waals surface area (Å²) >= 11 is 3.09. The number of fused-ring (bicyclic) bond motifs is 1. The fraction of sp³-hybridized carbons (Fsp3) is 0.172. The third kappa shape index (κ3) is 6.42. The normalized spacial score (nSPS) is 14.1. The summed E-state index contributed by atoms with van der Waals surface area (Å²) in [7, 11) is 0. The zero-order valence-electron chi connectivity index (χ0n) is 20.0. The molecule has 0 N–H and O–H groups in total. The van der Waals surface area contributed by atoms with Crippen molar-refractivity contribution in [1.82, 2.24) is 0 Å². The molecule has 0 spiro atoms. The molecular formula is C29H25NO4S2. The van der Waals surface area contributed by atoms with Crippen LogP contribution in [0.3, 0.4) is 0 Å². The SMILES string of the molecule is CCCCC(=NOC(C)=O)C(=O)c1ccc(Sc2ccc(C=C3Sc4ccccc4C3=O)cc2)cc1. The smallest absolute Gasteiger partial charge is 0.318 e. The van der Waals surface area contributed by atoms with E-state index in [1.165, 1.54) is 18.7 Å². The van der Waals surface area contributed by atoms with E-state index in [9.17, 15) is 14.4 Å². The standard InChI is InChI=1S/C29H25NO4S2/c1-3-4-8-25(30-34-19(2)31)28(32)21-12-16-23(17-13-21)35-22-14-10-20(11-15-22)18-27-29(33)24-7-5-6-9-26(24)36-27/h5-7,9-18H,3-4,8H2,1-2H3. The highest BCUT2D eigenvalue weighted by molar-refractivity contribution is 8.04. The Hall–Kier alpha value is -3.42. The van der Waals surface area contributed by atoms with Crippen LogP contribution in [0.1, 0.15) is 59.4 Å². The Morgan fingerprint density at radius 1 is 0.972 bits per heavy atom. The maximum absolute atomic E-state index is 12.8. The van der Waals surface area contributed by atoms with Gasteiger partial charge in [-0.3, -0.25) is 9.59 Å². The molecule has 0 radical (unpaired) electrons. The fourth-order valence-electron chi connectivity index (χ4n) is 3.56. The number of rotatable bonds is 9. The van der Waals surface area contributed by atoms with Crippen molar-refractivity contribution in [3.63, 3.8) is 0 Å². The summed E-state index contributed by atoms with van der Waals surface area (Å²) in [5, 5.41) is 3.77. The summed E-state index contributed by atoms with van der Waals surface area (Å²) in [5.74, 6) is -0.719. The first-order chi connectivity index (χ1) is 17.4. The molecule has 0 unspecified atom stereocenters. The Balaban J connectivity index is 1.41. The van der Waals surface area contributed by atoms with Crippen molar-refractivity contribution in [1.29, 1.82) is 0 Å². The highest BCUT2D eigenvalue weighted by atomic mass is 32.2. The molecule has 1 aliphatic heterocycles. The van der Waals surface area contributed by atoms with Crippen molar-refractivity contribution in [2.45, 2.75) is 47.8 Å². The van der Waals surface area contributed by atoms with Gasteiger partial charge in [0.05, 0.1) is 4.91 Å². The second kappa shape index (κ2) is 12.0. The van der Waals surface area contributed by atoms with Gasteiger partial charge in [-0.25, -0.2) is 4.79 Å². The summed E-state index contributed by atoms with van der Waals surface area (Å²) in [4.78, 5) is 45.0. The highest BCUT2D eigenvalue weighted by Gasteiger charge is 2.25. The number of hydrogen-bond donors (Lipinski definition) is 0. The Morgan fingerprint density at radius 2 is 1.64 bits per heavy atom. The maximum atomic E-state index is 12.8. The number of hydrogen-bond acceptors (Lipinski definition) is 7. The summed E-state index contributed by atoms with van der Waals surface area (Å²) in [6.45, 7) is 3.28. The van der Waals surface area contributed by atoms with E-state index in [-0.39, 0.29) is 17.3 Å². The monoisotopic (exact) mass is 515 g/mol. The van der Waals surface area contributed by atoms with Gasteiger partial charge in [0.2, 0.25) is 11.6 Å². The van der Waals surface area contributed by atoms with Crippen LogP contribution < -0.4 is 0 Å². The maximum Gasteiger partial charge on any atom is 0.331 e. The molecule has 0 amide bonds.